The van der Waals surface area contributed by atoms with Gasteiger partial charge in [-0.15, -0.1) is 0 Å². The zero-order valence-electron chi connectivity index (χ0n) is 14.5. The fourth-order valence-electron chi connectivity index (χ4n) is 2.85. The average Bonchev–Trinajstić information content (AvgIpc) is 3.04. The van der Waals surface area contributed by atoms with Crippen LogP contribution in [0.5, 0.6) is 0 Å². The van der Waals surface area contributed by atoms with Crippen LogP contribution in [0, 0.1) is 6.92 Å². The highest BCUT2D eigenvalue weighted by molar-refractivity contribution is 5.58. The smallest absolute Gasteiger partial charge is 0.254 e. The van der Waals surface area contributed by atoms with Crippen molar-refractivity contribution in [3.8, 4) is 0 Å². The molecule has 126 valence electrons. The van der Waals surface area contributed by atoms with Crippen molar-refractivity contribution in [1.29, 1.82) is 0 Å². The molecule has 3 aromatic rings. The maximum Gasteiger partial charge on any atom is 0.254 e. The SMILES string of the molecule is CCCCCCCc1ccc(Nc2cc(C)nc3ncnn23)cc1. The van der Waals surface area contributed by atoms with Crippen molar-refractivity contribution in [3.05, 3.63) is 47.9 Å². The van der Waals surface area contributed by atoms with Crippen LogP contribution >= 0.6 is 0 Å². The Morgan fingerprint density at radius 2 is 1.83 bits per heavy atom. The van der Waals surface area contributed by atoms with E-state index < -0.39 is 0 Å². The van der Waals surface area contributed by atoms with Crippen molar-refractivity contribution < 1.29 is 0 Å². The Labute approximate surface area is 143 Å². The second kappa shape index (κ2) is 7.90. The van der Waals surface area contributed by atoms with Gasteiger partial charge >= 0.3 is 0 Å². The van der Waals surface area contributed by atoms with E-state index in [-0.39, 0.29) is 0 Å². The molecule has 0 saturated carbocycles. The lowest BCUT2D eigenvalue weighted by Gasteiger charge is -2.09. The first-order valence-electron chi connectivity index (χ1n) is 8.79. The van der Waals surface area contributed by atoms with Crippen LogP contribution in [0.15, 0.2) is 36.7 Å². The van der Waals surface area contributed by atoms with Gasteiger partial charge in [-0.05, 0) is 37.5 Å². The molecule has 0 radical (unpaired) electrons. The van der Waals surface area contributed by atoms with Crippen LogP contribution in [0.1, 0.15) is 50.3 Å². The first kappa shape index (κ1) is 16.4. The Hall–Kier alpha value is -2.43. The molecular formula is C19H25N5. The largest absolute Gasteiger partial charge is 0.340 e. The molecule has 2 aromatic heterocycles. The van der Waals surface area contributed by atoms with E-state index in [1.54, 1.807) is 4.52 Å². The summed E-state index contributed by atoms with van der Waals surface area (Å²) in [6, 6.07) is 10.6. The number of hydrogen-bond donors (Lipinski definition) is 1. The molecule has 5 heteroatoms. The molecule has 2 heterocycles. The summed E-state index contributed by atoms with van der Waals surface area (Å²) < 4.78 is 1.72. The minimum atomic E-state index is 0.612. The summed E-state index contributed by atoms with van der Waals surface area (Å²) in [5, 5.41) is 7.62. The van der Waals surface area contributed by atoms with Gasteiger partial charge in [-0.2, -0.15) is 14.6 Å². The van der Waals surface area contributed by atoms with E-state index in [1.165, 1.54) is 44.0 Å². The highest BCUT2D eigenvalue weighted by Gasteiger charge is 2.05. The highest BCUT2D eigenvalue weighted by Crippen LogP contribution is 2.19. The van der Waals surface area contributed by atoms with Crippen molar-refractivity contribution >= 4 is 17.3 Å². The number of nitrogens with zero attached hydrogens (tertiary/aromatic N) is 4. The van der Waals surface area contributed by atoms with E-state index in [1.807, 2.05) is 13.0 Å². The fraction of sp³-hybridized carbons (Fsp3) is 0.421. The first-order chi connectivity index (χ1) is 11.8. The van der Waals surface area contributed by atoms with E-state index in [2.05, 4.69) is 51.6 Å². The molecule has 0 unspecified atom stereocenters. The number of fused-ring (bicyclic) bond motifs is 1. The van der Waals surface area contributed by atoms with E-state index in [0.29, 0.717) is 5.78 Å². The zero-order chi connectivity index (χ0) is 16.8. The number of aromatic nitrogens is 4. The van der Waals surface area contributed by atoms with Gasteiger partial charge in [-0.25, -0.2) is 4.98 Å². The number of aryl methyl sites for hydroxylation is 2. The van der Waals surface area contributed by atoms with Crippen molar-refractivity contribution in [2.24, 2.45) is 0 Å². The molecule has 0 aliphatic heterocycles. The number of nitrogens with one attached hydrogen (secondary N) is 1. The van der Waals surface area contributed by atoms with Crippen LogP contribution < -0.4 is 5.32 Å². The normalized spacial score (nSPS) is 11.1. The van der Waals surface area contributed by atoms with Crippen LogP contribution in [0.2, 0.25) is 0 Å². The second-order valence-corrected chi connectivity index (χ2v) is 6.24. The summed E-state index contributed by atoms with van der Waals surface area (Å²) in [6.45, 7) is 4.21. The topological polar surface area (TPSA) is 55.1 Å². The Bertz CT molecular complexity index is 776. The van der Waals surface area contributed by atoms with Crippen LogP contribution in [-0.4, -0.2) is 19.6 Å². The Morgan fingerprint density at radius 3 is 2.62 bits per heavy atom. The zero-order valence-corrected chi connectivity index (χ0v) is 14.5. The van der Waals surface area contributed by atoms with Gasteiger partial charge < -0.3 is 5.32 Å². The van der Waals surface area contributed by atoms with Crippen LogP contribution in [0.25, 0.3) is 5.78 Å². The van der Waals surface area contributed by atoms with E-state index in [0.717, 1.165) is 23.6 Å². The highest BCUT2D eigenvalue weighted by atomic mass is 15.3. The molecule has 5 nitrogen and oxygen atoms in total. The molecule has 0 fully saturated rings. The third kappa shape index (κ3) is 4.10. The molecule has 1 aromatic carbocycles. The summed E-state index contributed by atoms with van der Waals surface area (Å²) in [4.78, 5) is 8.51. The summed E-state index contributed by atoms with van der Waals surface area (Å²) >= 11 is 0. The maximum absolute atomic E-state index is 4.36. The third-order valence-electron chi connectivity index (χ3n) is 4.18. The summed E-state index contributed by atoms with van der Waals surface area (Å²) in [6.07, 6.45) is 9.29. The standard InChI is InChI=1S/C19H25N5/c1-3-4-5-6-7-8-16-9-11-17(12-10-16)23-18-13-15(2)22-19-20-14-21-24(18)19/h9-14,23H,3-8H2,1-2H3. The van der Waals surface area contributed by atoms with Gasteiger partial charge in [0.2, 0.25) is 0 Å². The summed E-state index contributed by atoms with van der Waals surface area (Å²) in [5.74, 6) is 1.49. The third-order valence-corrected chi connectivity index (χ3v) is 4.18. The van der Waals surface area contributed by atoms with E-state index in [9.17, 15) is 0 Å². The minimum Gasteiger partial charge on any atom is -0.340 e. The maximum atomic E-state index is 4.36. The molecule has 24 heavy (non-hydrogen) atoms. The van der Waals surface area contributed by atoms with Crippen LogP contribution in [-0.2, 0) is 6.42 Å². The van der Waals surface area contributed by atoms with Gasteiger partial charge in [0.05, 0.1) is 0 Å². The monoisotopic (exact) mass is 323 g/mol. The number of unbranched alkanes of at least 4 members (excludes halogenated alkanes) is 4. The Kier molecular flexibility index (Phi) is 5.41. The van der Waals surface area contributed by atoms with Crippen molar-refractivity contribution in [1.82, 2.24) is 19.6 Å². The predicted molar refractivity (Wildman–Crippen MR) is 97.7 cm³/mol. The number of rotatable bonds is 8. The second-order valence-electron chi connectivity index (χ2n) is 6.24. The van der Waals surface area contributed by atoms with Gasteiger partial charge in [0.1, 0.15) is 12.1 Å². The van der Waals surface area contributed by atoms with E-state index in [4.69, 9.17) is 0 Å². The molecule has 0 aliphatic carbocycles. The quantitative estimate of drug-likeness (QED) is 0.611. The summed E-state index contributed by atoms with van der Waals surface area (Å²) in [7, 11) is 0. The molecule has 0 saturated heterocycles. The molecular weight excluding hydrogens is 298 g/mol. The number of anilines is 2. The summed E-state index contributed by atoms with van der Waals surface area (Å²) in [5.41, 5.74) is 3.36. The Balaban J connectivity index is 1.62. The van der Waals surface area contributed by atoms with Crippen molar-refractivity contribution in [3.63, 3.8) is 0 Å². The van der Waals surface area contributed by atoms with Crippen LogP contribution in [0.3, 0.4) is 0 Å². The first-order valence-corrected chi connectivity index (χ1v) is 8.79. The minimum absolute atomic E-state index is 0.612. The predicted octanol–water partition coefficient (Wildman–Crippen LogP) is 4.69. The molecule has 1 N–H and O–H groups in total. The van der Waals surface area contributed by atoms with E-state index >= 15 is 0 Å². The van der Waals surface area contributed by atoms with Gasteiger partial charge in [-0.1, -0.05) is 44.7 Å². The lowest BCUT2D eigenvalue weighted by Crippen LogP contribution is -2.02. The molecule has 0 bridgehead atoms. The number of benzene rings is 1. The molecule has 0 amide bonds. The van der Waals surface area contributed by atoms with Gasteiger partial charge in [0.15, 0.2) is 0 Å². The Morgan fingerprint density at radius 1 is 1.04 bits per heavy atom. The molecule has 0 atom stereocenters. The van der Waals surface area contributed by atoms with Crippen molar-refractivity contribution in [2.45, 2.75) is 52.4 Å². The van der Waals surface area contributed by atoms with Gasteiger partial charge in [-0.3, -0.25) is 0 Å². The molecule has 3 rings (SSSR count). The lowest BCUT2D eigenvalue weighted by molar-refractivity contribution is 0.632. The number of hydrogen-bond acceptors (Lipinski definition) is 4. The molecule has 0 aliphatic rings. The van der Waals surface area contributed by atoms with Crippen molar-refractivity contribution in [2.75, 3.05) is 5.32 Å². The average molecular weight is 323 g/mol. The van der Waals surface area contributed by atoms with Crippen LogP contribution in [0.4, 0.5) is 11.5 Å². The van der Waals surface area contributed by atoms with Gasteiger partial charge in [0, 0.05) is 17.4 Å². The molecule has 0 spiro atoms. The lowest BCUT2D eigenvalue weighted by atomic mass is 10.1. The fourth-order valence-corrected chi connectivity index (χ4v) is 2.85. The van der Waals surface area contributed by atoms with Gasteiger partial charge in [0.25, 0.3) is 5.78 Å².